The summed E-state index contributed by atoms with van der Waals surface area (Å²) in [7, 11) is 6.13. The minimum atomic E-state index is -0.570. The predicted octanol–water partition coefficient (Wildman–Crippen LogP) is 8.30. The van der Waals surface area contributed by atoms with Crippen molar-refractivity contribution in [2.45, 2.75) is 95.9 Å². The molecule has 0 radical (unpaired) electrons. The Bertz CT molecular complexity index is 4050. The van der Waals surface area contributed by atoms with E-state index in [0.717, 1.165) is 112 Å². The van der Waals surface area contributed by atoms with Gasteiger partial charge in [0.05, 0.1) is 67.9 Å². The van der Waals surface area contributed by atoms with Crippen LogP contribution < -0.4 is 68.0 Å². The van der Waals surface area contributed by atoms with Gasteiger partial charge in [-0.2, -0.15) is 0 Å². The highest BCUT2D eigenvalue weighted by atomic mass is 16.5. The Hall–Kier alpha value is -9.78. The first-order valence-electron chi connectivity index (χ1n) is 30.3. The number of carbonyl (C=O) groups excluding carboxylic acids is 5. The summed E-state index contributed by atoms with van der Waals surface area (Å²) in [4.78, 5) is 66.7. The normalized spacial score (nSPS) is 18.0. The van der Waals surface area contributed by atoms with Crippen LogP contribution in [-0.2, 0) is 4.79 Å². The Kier molecular flexibility index (Phi) is 20.9. The van der Waals surface area contributed by atoms with Gasteiger partial charge in [-0.25, -0.2) is 4.98 Å². The maximum atomic E-state index is 11.7. The second kappa shape index (κ2) is 29.0. The highest BCUT2D eigenvalue weighted by Crippen LogP contribution is 2.40. The molecular weight excluding hydrogens is 1140 g/mol. The molecule has 472 valence electrons. The van der Waals surface area contributed by atoms with Crippen LogP contribution in [0.25, 0.3) is 43.2 Å². The van der Waals surface area contributed by atoms with Crippen molar-refractivity contribution in [3.8, 4) is 34.8 Å². The maximum absolute atomic E-state index is 11.7. The van der Waals surface area contributed by atoms with E-state index in [9.17, 15) is 29.1 Å². The monoisotopic (exact) mass is 1220 g/mol. The Morgan fingerprint density at radius 3 is 1.71 bits per heavy atom. The van der Waals surface area contributed by atoms with E-state index in [1.165, 1.54) is 33.5 Å². The van der Waals surface area contributed by atoms with Gasteiger partial charge in [0.15, 0.2) is 0 Å². The van der Waals surface area contributed by atoms with Crippen LogP contribution in [0.2, 0.25) is 0 Å². The number of piperidine rings is 2. The van der Waals surface area contributed by atoms with E-state index < -0.39 is 23.6 Å². The number of hydrogen-bond donors (Lipinski definition) is 8. The number of aliphatic hydroxyl groups is 1. The van der Waals surface area contributed by atoms with Crippen LogP contribution >= 0.6 is 0 Å². The van der Waals surface area contributed by atoms with Gasteiger partial charge in [0.2, 0.25) is 5.91 Å². The Morgan fingerprint density at radius 1 is 0.656 bits per heavy atom. The van der Waals surface area contributed by atoms with E-state index >= 15 is 0 Å². The molecule has 21 nitrogen and oxygen atoms in total. The van der Waals surface area contributed by atoms with E-state index in [4.69, 9.17) is 47.6 Å². The lowest BCUT2D eigenvalue weighted by Crippen LogP contribution is -2.39. The lowest BCUT2D eigenvalue weighted by molar-refractivity contribution is -0.119. The molecule has 0 unspecified atom stereocenters. The van der Waals surface area contributed by atoms with Crippen LogP contribution in [0.3, 0.4) is 0 Å². The van der Waals surface area contributed by atoms with Crippen molar-refractivity contribution in [1.82, 2.24) is 14.9 Å². The number of pyridine rings is 1. The van der Waals surface area contributed by atoms with Crippen molar-refractivity contribution in [3.05, 3.63) is 131 Å². The minimum Gasteiger partial charge on any atom is -0.496 e. The van der Waals surface area contributed by atoms with Crippen LogP contribution in [0.4, 0.5) is 17.2 Å². The second-order valence-corrected chi connectivity index (χ2v) is 23.2. The molecule has 13 N–H and O–H groups in total. The van der Waals surface area contributed by atoms with Gasteiger partial charge in [-0.05, 0) is 136 Å². The standard InChI is InChI=1S/C19H20N4O3.C17H21N3O2.C17H20N2O3.C16H20N2O2/c1-3-4-11-9-21-19(22-10-12-5-6-17(24)23-12)14-8-16(26-2)15(18(20)25)7-13(11)14;1-22-16-10-13-11(9-14(16)17(19)21)3-2-4-15(13)20-7-5-12(18)6-8-20;1-22-16-9-13-11(8-14(16)17(18)21)4-2-6-15(13)19-7-3-5-12(20)10-19;1-10-3-4-12(7-10)18-6-5-11-8-13(16(17)19)15(20-2)9-14(11)18/h7-9,12H,5-6,10H2,1-2H3,(H2,20,25)(H,21,22)(H,23,24);2-4,9-10,12H,5-8,18H2,1H3,(H2,19,21);2,4,6,8-9,12,20H,3,5,7,10H2,1H3,(H2,18,21);5-6,8-10,12H,3-4,7H2,1-2H3,(H2,17,19)/t12-;;12-;10-,12-/m0.00/s1. The van der Waals surface area contributed by atoms with Gasteiger partial charge in [0.1, 0.15) is 28.8 Å². The molecule has 21 heteroatoms. The van der Waals surface area contributed by atoms with Gasteiger partial charge in [0.25, 0.3) is 23.6 Å². The number of hydrogen-bond acceptors (Lipinski definition) is 15. The topological polar surface area (TPSA) is 321 Å². The van der Waals surface area contributed by atoms with Crippen molar-refractivity contribution in [3.63, 3.8) is 0 Å². The number of amides is 5. The average Bonchev–Trinajstić information content (AvgIpc) is 1.38. The van der Waals surface area contributed by atoms with Crippen molar-refractivity contribution >= 4 is 89.9 Å². The maximum Gasteiger partial charge on any atom is 0.252 e. The van der Waals surface area contributed by atoms with E-state index in [-0.39, 0.29) is 18.1 Å². The van der Waals surface area contributed by atoms with Crippen LogP contribution in [0.15, 0.2) is 103 Å². The number of nitrogens with one attached hydrogen (secondary N) is 2. The smallest absolute Gasteiger partial charge is 0.252 e. The summed E-state index contributed by atoms with van der Waals surface area (Å²) in [5, 5.41) is 22.7. The molecule has 8 aromatic rings. The fourth-order valence-electron chi connectivity index (χ4n) is 12.5. The number of primary amides is 4. The molecule has 6 aromatic carbocycles. The van der Waals surface area contributed by atoms with E-state index in [2.05, 4.69) is 61.0 Å². The number of fused-ring (bicyclic) bond motifs is 4. The zero-order chi connectivity index (χ0) is 64.3. The van der Waals surface area contributed by atoms with Crippen molar-refractivity contribution in [2.75, 3.05) is 76.3 Å². The van der Waals surface area contributed by atoms with Crippen molar-refractivity contribution in [2.24, 2.45) is 34.6 Å². The summed E-state index contributed by atoms with van der Waals surface area (Å²) in [6, 6.07) is 29.5. The number of benzene rings is 6. The lowest BCUT2D eigenvalue weighted by Gasteiger charge is -2.33. The third-order valence-corrected chi connectivity index (χ3v) is 17.2. The fourth-order valence-corrected chi connectivity index (χ4v) is 12.5. The Morgan fingerprint density at radius 2 is 1.20 bits per heavy atom. The number of methoxy groups -OCH3 is 4. The quantitative estimate of drug-likeness (QED) is 0.0475. The molecule has 2 aromatic heterocycles. The van der Waals surface area contributed by atoms with Gasteiger partial charge in [-0.1, -0.05) is 37.1 Å². The van der Waals surface area contributed by atoms with Gasteiger partial charge in [-0.15, -0.1) is 5.92 Å². The molecule has 4 aliphatic rings. The molecule has 3 aliphatic heterocycles. The Balaban J connectivity index is 0.000000143. The fraction of sp³-hybridized carbons (Fsp3) is 0.362. The first-order chi connectivity index (χ1) is 43.3. The van der Waals surface area contributed by atoms with Crippen LogP contribution in [0.5, 0.6) is 23.0 Å². The number of β-amino-alcohol motifs (C(OH)–C–C–N with tert-alkyl or cyclic N) is 1. The predicted molar refractivity (Wildman–Crippen MR) is 353 cm³/mol. The van der Waals surface area contributed by atoms with Gasteiger partial charge in [0, 0.05) is 114 Å². The number of nitrogens with two attached hydrogens (primary N) is 5. The average molecular weight is 1220 g/mol. The summed E-state index contributed by atoms with van der Waals surface area (Å²) < 4.78 is 23.6. The lowest BCUT2D eigenvalue weighted by atomic mass is 10.0. The molecule has 0 bridgehead atoms. The second-order valence-electron chi connectivity index (χ2n) is 23.2. The molecule has 12 rings (SSSR count). The molecule has 1 saturated carbocycles. The number of rotatable bonds is 14. The van der Waals surface area contributed by atoms with Crippen LogP contribution in [-0.4, -0.2) is 124 Å². The third-order valence-electron chi connectivity index (χ3n) is 17.2. The first kappa shape index (κ1) is 64.7. The van der Waals surface area contributed by atoms with Gasteiger partial charge < -0.3 is 77.7 Å². The van der Waals surface area contributed by atoms with Crippen molar-refractivity contribution < 1.29 is 48.0 Å². The number of carbonyl (C=O) groups is 5. The van der Waals surface area contributed by atoms with Crippen LogP contribution in [0, 0.1) is 17.8 Å². The number of ether oxygens (including phenoxy) is 4. The summed E-state index contributed by atoms with van der Waals surface area (Å²) in [6.45, 7) is 8.03. The summed E-state index contributed by atoms with van der Waals surface area (Å²) in [6.07, 6.45) is 12.3. The van der Waals surface area contributed by atoms with Crippen LogP contribution in [0.1, 0.15) is 125 Å². The zero-order valence-electron chi connectivity index (χ0n) is 51.9. The highest BCUT2D eigenvalue weighted by molar-refractivity contribution is 6.07. The number of aliphatic hydroxyl groups excluding tert-OH is 1. The van der Waals surface area contributed by atoms with E-state index in [1.54, 1.807) is 51.6 Å². The van der Waals surface area contributed by atoms with Crippen molar-refractivity contribution in [1.29, 1.82) is 0 Å². The molecule has 0 spiro atoms. The summed E-state index contributed by atoms with van der Waals surface area (Å²) in [5.74, 6) is 7.25. The minimum absolute atomic E-state index is 0.0657. The van der Waals surface area contributed by atoms with E-state index in [0.29, 0.717) is 88.2 Å². The number of nitrogens with zero attached hydrogens (tertiary/aromatic N) is 4. The van der Waals surface area contributed by atoms with Gasteiger partial charge in [-0.3, -0.25) is 24.0 Å². The molecule has 4 atom stereocenters. The molecule has 90 heavy (non-hydrogen) atoms. The zero-order valence-corrected chi connectivity index (χ0v) is 51.9. The molecule has 5 amide bonds. The largest absolute Gasteiger partial charge is 0.496 e. The SMILES string of the molecule is CC#Cc1cnc(NC[C@@H]2CCC(=O)N2)c2cc(OC)c(C(N)=O)cc12.COc1cc2c(N3CCC(N)CC3)cccc2cc1C(N)=O.COc1cc2c(N3CCC[C@H](O)C3)cccc2cc1C(N)=O.COc1cc2c(ccn2[C@H]2CC[C@H](C)C2)cc1C(N)=O. The number of aromatic nitrogens is 2. The summed E-state index contributed by atoms with van der Waals surface area (Å²) >= 11 is 0. The molecule has 4 fully saturated rings. The number of anilines is 3. The third kappa shape index (κ3) is 14.7. The molecule has 1 aliphatic carbocycles. The molecule has 3 saturated heterocycles. The molecule has 5 heterocycles. The Labute approximate surface area is 523 Å². The first-order valence-corrected chi connectivity index (χ1v) is 30.3. The van der Waals surface area contributed by atoms with E-state index in [1.807, 2.05) is 60.7 Å². The van der Waals surface area contributed by atoms with Gasteiger partial charge >= 0.3 is 0 Å². The molecular formula is C69H81N11O10. The summed E-state index contributed by atoms with van der Waals surface area (Å²) in [5.41, 5.74) is 33.3. The highest BCUT2D eigenvalue weighted by Gasteiger charge is 2.27.